The molecule has 31 heavy (non-hydrogen) atoms. The van der Waals surface area contributed by atoms with Crippen LogP contribution in [0.1, 0.15) is 50.2 Å². The molecule has 1 aliphatic carbocycles. The highest BCUT2D eigenvalue weighted by atomic mass is 28.4. The number of ether oxygens (including phenoxy) is 3. The van der Waals surface area contributed by atoms with Crippen LogP contribution >= 0.6 is 0 Å². The molecule has 2 atom stereocenters. The molecule has 1 aromatic rings. The summed E-state index contributed by atoms with van der Waals surface area (Å²) >= 11 is 0. The summed E-state index contributed by atoms with van der Waals surface area (Å²) in [6.07, 6.45) is 4.41. The second-order valence-corrected chi connectivity index (χ2v) is 14.3. The first-order chi connectivity index (χ1) is 14.4. The maximum absolute atomic E-state index is 12.3. The van der Waals surface area contributed by atoms with E-state index in [1.54, 1.807) is 0 Å². The molecule has 0 aromatic heterocycles. The first-order valence-electron chi connectivity index (χ1n) is 10.9. The van der Waals surface area contributed by atoms with Crippen LogP contribution in [0.15, 0.2) is 23.8 Å². The Balaban J connectivity index is 2.12. The van der Waals surface area contributed by atoms with E-state index in [-0.39, 0.29) is 23.8 Å². The van der Waals surface area contributed by atoms with Crippen molar-refractivity contribution in [1.82, 2.24) is 0 Å². The van der Waals surface area contributed by atoms with Crippen LogP contribution in [0.25, 0.3) is 0 Å². The van der Waals surface area contributed by atoms with Crippen molar-refractivity contribution in [1.29, 1.82) is 0 Å². The average Bonchev–Trinajstić information content (AvgIpc) is 2.69. The molecule has 2 aliphatic rings. The fraction of sp³-hybridized carbons (Fsp3) is 0.583. The second kappa shape index (κ2) is 8.69. The molecule has 7 heteroatoms. The molecule has 6 nitrogen and oxygen atoms in total. The third-order valence-electron chi connectivity index (χ3n) is 6.01. The molecule has 0 N–H and O–H groups in total. The highest BCUT2D eigenvalue weighted by molar-refractivity contribution is 6.70. The van der Waals surface area contributed by atoms with Gasteiger partial charge in [0.1, 0.15) is 17.1 Å². The van der Waals surface area contributed by atoms with Gasteiger partial charge in [0.05, 0.1) is 14.2 Å². The minimum Gasteiger partial charge on any atom is -0.544 e. The first kappa shape index (κ1) is 23.4. The van der Waals surface area contributed by atoms with Gasteiger partial charge < -0.3 is 18.6 Å². The highest BCUT2D eigenvalue weighted by Gasteiger charge is 2.46. The molecule has 0 saturated heterocycles. The first-order valence-corrected chi connectivity index (χ1v) is 14.3. The molecule has 170 valence electrons. The van der Waals surface area contributed by atoms with Crippen molar-refractivity contribution in [2.75, 3.05) is 14.2 Å². The number of carbonyl (C=O) groups excluding carboxylic acids is 2. The van der Waals surface area contributed by atoms with Crippen LogP contribution in [0.3, 0.4) is 0 Å². The van der Waals surface area contributed by atoms with Crippen molar-refractivity contribution in [3.8, 4) is 11.5 Å². The number of carbonyl (C=O) groups is 2. The van der Waals surface area contributed by atoms with Crippen LogP contribution in [0, 0.1) is 5.92 Å². The largest absolute Gasteiger partial charge is 0.544 e. The monoisotopic (exact) mass is 446 g/mol. The van der Waals surface area contributed by atoms with Crippen molar-refractivity contribution in [2.45, 2.75) is 70.7 Å². The van der Waals surface area contributed by atoms with Gasteiger partial charge in [-0.25, -0.2) is 4.79 Å². The maximum atomic E-state index is 12.3. The lowest BCUT2D eigenvalue weighted by molar-refractivity contribution is -0.140. The van der Waals surface area contributed by atoms with E-state index in [1.807, 2.05) is 18.2 Å². The van der Waals surface area contributed by atoms with E-state index in [0.717, 1.165) is 29.0 Å². The van der Waals surface area contributed by atoms with Gasteiger partial charge in [-0.05, 0) is 70.4 Å². The number of esters is 2. The van der Waals surface area contributed by atoms with E-state index in [2.05, 4.69) is 33.5 Å². The fourth-order valence-corrected chi connectivity index (χ4v) is 5.44. The SMILES string of the molecule is COC(=O)CCc1cc2c(c(O[Si](C)(C)C)c1)[C@@H]1C=C(C(=O)OC)CC[C@H]1C(C)(C)O2. The summed E-state index contributed by atoms with van der Waals surface area (Å²) in [5.41, 5.74) is 2.28. The van der Waals surface area contributed by atoms with Crippen LogP contribution < -0.4 is 9.16 Å². The van der Waals surface area contributed by atoms with Gasteiger partial charge in [-0.1, -0.05) is 6.08 Å². The van der Waals surface area contributed by atoms with Crippen LogP contribution in [0.5, 0.6) is 11.5 Å². The average molecular weight is 447 g/mol. The van der Waals surface area contributed by atoms with Crippen molar-refractivity contribution in [2.24, 2.45) is 5.92 Å². The molecule has 1 aromatic carbocycles. The Morgan fingerprint density at radius 3 is 2.48 bits per heavy atom. The predicted octanol–water partition coefficient (Wildman–Crippen LogP) is 4.77. The van der Waals surface area contributed by atoms with E-state index in [1.165, 1.54) is 14.2 Å². The Morgan fingerprint density at radius 2 is 1.87 bits per heavy atom. The zero-order chi connectivity index (χ0) is 23.0. The topological polar surface area (TPSA) is 71.1 Å². The van der Waals surface area contributed by atoms with Crippen LogP contribution in [-0.2, 0) is 25.5 Å². The Hall–Kier alpha value is -2.28. The number of allylic oxidation sites excluding steroid dienone is 1. The van der Waals surface area contributed by atoms with E-state index in [0.29, 0.717) is 24.8 Å². The third kappa shape index (κ3) is 5.14. The number of fused-ring (bicyclic) bond motifs is 3. The summed E-state index contributed by atoms with van der Waals surface area (Å²) < 4.78 is 22.8. The quantitative estimate of drug-likeness (QED) is 0.463. The van der Waals surface area contributed by atoms with Gasteiger partial charge >= 0.3 is 11.9 Å². The van der Waals surface area contributed by atoms with Crippen molar-refractivity contribution >= 4 is 20.3 Å². The zero-order valence-electron chi connectivity index (χ0n) is 19.7. The Morgan fingerprint density at radius 1 is 1.16 bits per heavy atom. The molecule has 1 heterocycles. The van der Waals surface area contributed by atoms with Gasteiger partial charge in [0, 0.05) is 29.4 Å². The standard InChI is InChI=1S/C24H34O6Si/c1-24(2)18-10-9-16(23(26)28-4)14-17(18)22-19(29-24)12-15(8-11-21(25)27-3)13-20(22)30-31(5,6)7/h12-14,17-18H,8-11H2,1-7H3/t17-,18-/m1/s1. The second-order valence-electron chi connectivity index (χ2n) is 9.86. The number of benzene rings is 1. The van der Waals surface area contributed by atoms with Gasteiger partial charge in [0.2, 0.25) is 8.32 Å². The molecule has 0 fully saturated rings. The molecule has 0 unspecified atom stereocenters. The Bertz CT molecular complexity index is 896. The molecule has 0 spiro atoms. The number of hydrogen-bond donors (Lipinski definition) is 0. The number of aryl methyl sites for hydroxylation is 1. The molecule has 3 rings (SSSR count). The summed E-state index contributed by atoms with van der Waals surface area (Å²) in [7, 11) is 0.890. The van der Waals surface area contributed by atoms with Gasteiger partial charge in [0.15, 0.2) is 0 Å². The van der Waals surface area contributed by atoms with E-state index in [9.17, 15) is 9.59 Å². The van der Waals surface area contributed by atoms with Crippen LogP contribution in [0.2, 0.25) is 19.6 Å². The molecular formula is C24H34O6Si. The Kier molecular flexibility index (Phi) is 6.55. The summed E-state index contributed by atoms with van der Waals surface area (Å²) in [6, 6.07) is 4.03. The van der Waals surface area contributed by atoms with E-state index in [4.69, 9.17) is 18.6 Å². The molecule has 0 amide bonds. The van der Waals surface area contributed by atoms with Crippen molar-refractivity contribution in [3.05, 3.63) is 34.9 Å². The lowest BCUT2D eigenvalue weighted by Gasteiger charge is -2.47. The normalized spacial score (nSPS) is 21.7. The van der Waals surface area contributed by atoms with Gasteiger partial charge in [0.25, 0.3) is 0 Å². The summed E-state index contributed by atoms with van der Waals surface area (Å²) in [4.78, 5) is 23.9. The smallest absolute Gasteiger partial charge is 0.333 e. The lowest BCUT2D eigenvalue weighted by Crippen LogP contribution is -2.46. The molecular weight excluding hydrogens is 412 g/mol. The van der Waals surface area contributed by atoms with Crippen LogP contribution in [0.4, 0.5) is 0 Å². The lowest BCUT2D eigenvalue weighted by atomic mass is 9.67. The number of hydrogen-bond acceptors (Lipinski definition) is 6. The minimum absolute atomic E-state index is 0.00241. The summed E-state index contributed by atoms with van der Waals surface area (Å²) in [5.74, 6) is 1.27. The number of methoxy groups -OCH3 is 2. The van der Waals surface area contributed by atoms with E-state index < -0.39 is 13.9 Å². The fourth-order valence-electron chi connectivity index (χ4n) is 4.61. The Labute approximate surface area is 186 Å². The highest BCUT2D eigenvalue weighted by Crippen LogP contribution is 2.54. The van der Waals surface area contributed by atoms with Crippen molar-refractivity contribution in [3.63, 3.8) is 0 Å². The summed E-state index contributed by atoms with van der Waals surface area (Å²) in [6.45, 7) is 10.6. The molecule has 0 bridgehead atoms. The van der Waals surface area contributed by atoms with E-state index >= 15 is 0 Å². The molecule has 0 saturated carbocycles. The summed E-state index contributed by atoms with van der Waals surface area (Å²) in [5, 5.41) is 0. The van der Waals surface area contributed by atoms with Crippen LogP contribution in [-0.4, -0.2) is 40.1 Å². The molecule has 1 aliphatic heterocycles. The maximum Gasteiger partial charge on any atom is 0.333 e. The molecule has 0 radical (unpaired) electrons. The zero-order valence-corrected chi connectivity index (χ0v) is 20.7. The van der Waals surface area contributed by atoms with Gasteiger partial charge in [-0.15, -0.1) is 0 Å². The van der Waals surface area contributed by atoms with Gasteiger partial charge in [-0.3, -0.25) is 4.79 Å². The van der Waals surface area contributed by atoms with Gasteiger partial charge in [-0.2, -0.15) is 0 Å². The number of rotatable bonds is 6. The third-order valence-corrected chi connectivity index (χ3v) is 6.84. The minimum atomic E-state index is -1.93. The van der Waals surface area contributed by atoms with Crippen molar-refractivity contribution < 1.29 is 28.2 Å². The predicted molar refractivity (Wildman–Crippen MR) is 121 cm³/mol.